The van der Waals surface area contributed by atoms with Crippen molar-refractivity contribution in [2.45, 2.75) is 11.3 Å². The Morgan fingerprint density at radius 2 is 1.93 bits per heavy atom. The van der Waals surface area contributed by atoms with E-state index in [2.05, 4.69) is 10.2 Å². The maximum atomic E-state index is 13.5. The molecule has 2 aromatic carbocycles. The highest BCUT2D eigenvalue weighted by Crippen LogP contribution is 2.38. The number of methoxy groups -OCH3 is 1. The highest BCUT2D eigenvalue weighted by Gasteiger charge is 2.19. The molecular formula is C20H20ClF2N3OS. The summed E-state index contributed by atoms with van der Waals surface area (Å²) in [4.78, 5) is 3.21. The van der Waals surface area contributed by atoms with E-state index in [4.69, 9.17) is 16.3 Å². The van der Waals surface area contributed by atoms with Crippen molar-refractivity contribution in [3.05, 3.63) is 53.2 Å². The van der Waals surface area contributed by atoms with Crippen molar-refractivity contribution in [2.24, 2.45) is 0 Å². The predicted molar refractivity (Wildman–Crippen MR) is 111 cm³/mol. The number of halogens is 3. The molecule has 0 amide bonds. The predicted octanol–water partition coefficient (Wildman–Crippen LogP) is 5.21. The number of alkyl halides is 2. The molecule has 0 spiro atoms. The van der Waals surface area contributed by atoms with Crippen molar-refractivity contribution in [1.29, 1.82) is 0 Å². The summed E-state index contributed by atoms with van der Waals surface area (Å²) in [6.07, 6.45) is -1.05. The molecule has 0 saturated carbocycles. The van der Waals surface area contributed by atoms with Crippen LogP contribution >= 0.6 is 23.5 Å². The van der Waals surface area contributed by atoms with Gasteiger partial charge in [-0.25, -0.2) is 8.78 Å². The van der Waals surface area contributed by atoms with Crippen molar-refractivity contribution in [2.75, 3.05) is 38.2 Å². The maximum Gasteiger partial charge on any atom is 0.265 e. The van der Waals surface area contributed by atoms with Crippen LogP contribution in [0.1, 0.15) is 12.0 Å². The number of anilines is 1. The van der Waals surface area contributed by atoms with E-state index in [-0.39, 0.29) is 5.56 Å². The Morgan fingerprint density at radius 1 is 1.14 bits per heavy atom. The Balaban J connectivity index is 1.72. The SMILES string of the molecule is COc1ccc(Sn2cc(C(F)F)c3ccc(Cl)cc32)cc1N1CCNCC1. The average molecular weight is 424 g/mol. The van der Waals surface area contributed by atoms with Crippen molar-refractivity contribution in [3.63, 3.8) is 0 Å². The van der Waals surface area contributed by atoms with Gasteiger partial charge in [0.05, 0.1) is 18.3 Å². The standard InChI is InChI=1S/C20H20ClF2N3OS/c1-27-19-5-3-14(11-18(19)25-8-6-24-7-9-25)28-26-12-16(20(22)23)15-4-2-13(21)10-17(15)26/h2-5,10-12,20,24H,6-9H2,1H3. The van der Waals surface area contributed by atoms with E-state index in [1.54, 1.807) is 29.3 Å². The number of ether oxygens (including phenoxy) is 1. The number of hydrogen-bond donors (Lipinski definition) is 1. The average Bonchev–Trinajstić information content (AvgIpc) is 3.06. The fraction of sp³-hybridized carbons (Fsp3) is 0.300. The van der Waals surface area contributed by atoms with Gasteiger partial charge in [-0.15, -0.1) is 0 Å². The molecule has 3 aromatic rings. The molecule has 1 aromatic heterocycles. The Bertz CT molecular complexity index is 989. The molecule has 1 saturated heterocycles. The van der Waals surface area contributed by atoms with Crippen LogP contribution in [0.25, 0.3) is 10.9 Å². The van der Waals surface area contributed by atoms with Gasteiger partial charge in [0.1, 0.15) is 5.75 Å². The van der Waals surface area contributed by atoms with Gasteiger partial charge in [0.15, 0.2) is 0 Å². The molecule has 148 valence electrons. The third kappa shape index (κ3) is 3.79. The number of benzene rings is 2. The molecule has 4 rings (SSSR count). The van der Waals surface area contributed by atoms with Crippen LogP contribution in [0, 0.1) is 0 Å². The Morgan fingerprint density at radius 3 is 2.64 bits per heavy atom. The summed E-state index contributed by atoms with van der Waals surface area (Å²) in [5, 5.41) is 4.37. The van der Waals surface area contributed by atoms with E-state index in [0.717, 1.165) is 42.5 Å². The van der Waals surface area contributed by atoms with Gasteiger partial charge in [-0.1, -0.05) is 17.7 Å². The normalized spacial score (nSPS) is 14.8. The zero-order valence-corrected chi connectivity index (χ0v) is 16.9. The van der Waals surface area contributed by atoms with Crippen LogP contribution in [0.15, 0.2) is 47.5 Å². The van der Waals surface area contributed by atoms with Crippen molar-refractivity contribution < 1.29 is 13.5 Å². The maximum absolute atomic E-state index is 13.5. The van der Waals surface area contributed by atoms with Crippen molar-refractivity contribution in [3.8, 4) is 5.75 Å². The molecule has 1 aliphatic heterocycles. The number of nitrogens with one attached hydrogen (secondary N) is 1. The second-order valence-electron chi connectivity index (χ2n) is 6.53. The summed E-state index contributed by atoms with van der Waals surface area (Å²) in [7, 11) is 1.66. The van der Waals surface area contributed by atoms with E-state index in [1.165, 1.54) is 18.1 Å². The minimum atomic E-state index is -2.54. The van der Waals surface area contributed by atoms with Gasteiger partial charge in [-0.2, -0.15) is 0 Å². The van der Waals surface area contributed by atoms with Crippen molar-refractivity contribution in [1.82, 2.24) is 9.29 Å². The van der Waals surface area contributed by atoms with Crippen molar-refractivity contribution >= 4 is 40.1 Å². The lowest BCUT2D eigenvalue weighted by atomic mass is 10.2. The lowest BCUT2D eigenvalue weighted by Gasteiger charge is -2.30. The van der Waals surface area contributed by atoms with E-state index in [9.17, 15) is 8.78 Å². The lowest BCUT2D eigenvalue weighted by molar-refractivity contribution is 0.153. The van der Waals surface area contributed by atoms with Crippen LogP contribution in [0.4, 0.5) is 14.5 Å². The third-order valence-electron chi connectivity index (χ3n) is 4.81. The third-order valence-corrected chi connectivity index (χ3v) is 6.01. The largest absolute Gasteiger partial charge is 0.495 e. The smallest absolute Gasteiger partial charge is 0.265 e. The second kappa shape index (κ2) is 8.19. The monoisotopic (exact) mass is 423 g/mol. The van der Waals surface area contributed by atoms with Gasteiger partial charge in [-0.3, -0.25) is 3.97 Å². The molecule has 0 aliphatic carbocycles. The quantitative estimate of drug-likeness (QED) is 0.610. The van der Waals surface area contributed by atoms with E-state index < -0.39 is 6.43 Å². The van der Waals surface area contributed by atoms with Gasteiger partial charge in [0.2, 0.25) is 0 Å². The number of piperazine rings is 1. The highest BCUT2D eigenvalue weighted by molar-refractivity contribution is 7.98. The van der Waals surface area contributed by atoms with Crippen LogP contribution in [0.5, 0.6) is 5.75 Å². The van der Waals surface area contributed by atoms with Crippen LogP contribution < -0.4 is 15.0 Å². The van der Waals surface area contributed by atoms with Gasteiger partial charge in [0, 0.05) is 53.2 Å². The summed E-state index contributed by atoms with van der Waals surface area (Å²) in [6.45, 7) is 3.61. The van der Waals surface area contributed by atoms with E-state index >= 15 is 0 Å². The van der Waals surface area contributed by atoms with Crippen LogP contribution in [-0.4, -0.2) is 37.3 Å². The number of hydrogen-bond acceptors (Lipinski definition) is 4. The first kappa shape index (κ1) is 19.4. The molecular weight excluding hydrogens is 404 g/mol. The summed E-state index contributed by atoms with van der Waals surface area (Å²) >= 11 is 7.50. The highest BCUT2D eigenvalue weighted by atomic mass is 35.5. The molecule has 1 N–H and O–H groups in total. The summed E-state index contributed by atoms with van der Waals surface area (Å²) in [6, 6.07) is 10.9. The minimum Gasteiger partial charge on any atom is -0.495 e. The minimum absolute atomic E-state index is 0.00927. The Hall–Kier alpha value is -1.96. The molecule has 0 unspecified atom stereocenters. The molecule has 1 fully saturated rings. The van der Waals surface area contributed by atoms with Gasteiger partial charge >= 0.3 is 0 Å². The molecule has 0 radical (unpaired) electrons. The summed E-state index contributed by atoms with van der Waals surface area (Å²) in [5.41, 5.74) is 1.69. The first-order valence-corrected chi connectivity index (χ1v) is 10.1. The zero-order chi connectivity index (χ0) is 19.7. The van der Waals surface area contributed by atoms with Gasteiger partial charge < -0.3 is 15.0 Å². The summed E-state index contributed by atoms with van der Waals surface area (Å²) < 4.78 is 34.2. The number of aromatic nitrogens is 1. The fourth-order valence-corrected chi connectivity index (χ4v) is 4.54. The Kier molecular flexibility index (Phi) is 5.66. The fourth-order valence-electron chi connectivity index (χ4n) is 3.44. The first-order valence-electron chi connectivity index (χ1n) is 8.97. The van der Waals surface area contributed by atoms with Gasteiger partial charge in [0.25, 0.3) is 6.43 Å². The molecule has 8 heteroatoms. The van der Waals surface area contributed by atoms with E-state index in [1.807, 2.05) is 18.2 Å². The zero-order valence-electron chi connectivity index (χ0n) is 15.3. The number of rotatable bonds is 5. The number of nitrogens with zero attached hydrogens (tertiary/aromatic N) is 2. The molecule has 0 atom stereocenters. The molecule has 4 nitrogen and oxygen atoms in total. The topological polar surface area (TPSA) is 29.4 Å². The lowest BCUT2D eigenvalue weighted by Crippen LogP contribution is -2.43. The number of fused-ring (bicyclic) bond motifs is 1. The van der Waals surface area contributed by atoms with Crippen LogP contribution in [-0.2, 0) is 0 Å². The molecule has 28 heavy (non-hydrogen) atoms. The Labute approximate surface area is 171 Å². The second-order valence-corrected chi connectivity index (χ2v) is 8.02. The molecule has 2 heterocycles. The first-order chi connectivity index (χ1) is 13.6. The van der Waals surface area contributed by atoms with Crippen LogP contribution in [0.3, 0.4) is 0 Å². The summed E-state index contributed by atoms with van der Waals surface area (Å²) in [5.74, 6) is 0.805. The van der Waals surface area contributed by atoms with Gasteiger partial charge in [-0.05, 0) is 42.3 Å². The molecule has 1 aliphatic rings. The van der Waals surface area contributed by atoms with E-state index in [0.29, 0.717) is 15.9 Å². The van der Waals surface area contributed by atoms with Crippen LogP contribution in [0.2, 0.25) is 5.02 Å². The molecule has 0 bridgehead atoms.